The van der Waals surface area contributed by atoms with Crippen LogP contribution in [0.3, 0.4) is 0 Å². The third-order valence-electron chi connectivity index (χ3n) is 3.03. The van der Waals surface area contributed by atoms with Gasteiger partial charge in [0.2, 0.25) is 5.16 Å². The summed E-state index contributed by atoms with van der Waals surface area (Å²) in [6.45, 7) is 0. The van der Waals surface area contributed by atoms with E-state index in [4.69, 9.17) is 4.42 Å². The zero-order valence-electron chi connectivity index (χ0n) is 9.96. The molecule has 6 heteroatoms. The minimum Gasteiger partial charge on any atom is -0.461 e. The predicted molar refractivity (Wildman–Crippen MR) is 74.4 cm³/mol. The van der Waals surface area contributed by atoms with Gasteiger partial charge in [-0.2, -0.15) is 4.98 Å². The molecule has 4 nitrogen and oxygen atoms in total. The fourth-order valence-electron chi connectivity index (χ4n) is 2.08. The van der Waals surface area contributed by atoms with E-state index >= 15 is 0 Å². The first kappa shape index (κ1) is 12.2. The normalized spacial score (nSPS) is 17.1. The fraction of sp³-hybridized carbons (Fsp3) is 0.500. The van der Waals surface area contributed by atoms with Crippen molar-refractivity contribution in [2.24, 2.45) is 0 Å². The van der Waals surface area contributed by atoms with E-state index < -0.39 is 0 Å². The highest BCUT2D eigenvalue weighted by Crippen LogP contribution is 2.39. The molecule has 18 heavy (non-hydrogen) atoms. The lowest BCUT2D eigenvalue weighted by Crippen LogP contribution is -2.06. The smallest absolute Gasteiger partial charge is 0.219 e. The zero-order valence-corrected chi connectivity index (χ0v) is 11.6. The van der Waals surface area contributed by atoms with Gasteiger partial charge in [0.25, 0.3) is 0 Å². The van der Waals surface area contributed by atoms with E-state index in [-0.39, 0.29) is 0 Å². The van der Waals surface area contributed by atoms with E-state index in [1.165, 1.54) is 32.1 Å². The van der Waals surface area contributed by atoms with E-state index in [0.717, 1.165) is 16.2 Å². The second-order valence-corrected chi connectivity index (χ2v) is 6.85. The van der Waals surface area contributed by atoms with Crippen LogP contribution in [-0.4, -0.2) is 20.4 Å². The fourth-order valence-corrected chi connectivity index (χ4v) is 4.51. The largest absolute Gasteiger partial charge is 0.461 e. The summed E-state index contributed by atoms with van der Waals surface area (Å²) < 4.78 is 5.28. The molecule has 0 bridgehead atoms. The number of aromatic nitrogens is 3. The van der Waals surface area contributed by atoms with E-state index in [2.05, 4.69) is 15.2 Å². The Hall–Kier alpha value is -0.880. The highest BCUT2D eigenvalue weighted by Gasteiger charge is 2.16. The third-order valence-corrected chi connectivity index (χ3v) is 5.75. The van der Waals surface area contributed by atoms with E-state index in [1.54, 1.807) is 17.1 Å². The summed E-state index contributed by atoms with van der Waals surface area (Å²) in [5.74, 6) is 1.43. The first-order chi connectivity index (χ1) is 8.92. The minimum atomic E-state index is 0.701. The summed E-state index contributed by atoms with van der Waals surface area (Å²) in [7, 11) is 3.57. The van der Waals surface area contributed by atoms with Crippen molar-refractivity contribution < 1.29 is 4.42 Å². The van der Waals surface area contributed by atoms with Gasteiger partial charge in [-0.15, -0.1) is 5.10 Å². The number of nitrogens with one attached hydrogen (secondary N) is 1. The second kappa shape index (κ2) is 5.84. The van der Waals surface area contributed by atoms with Crippen molar-refractivity contribution >= 4 is 21.6 Å². The van der Waals surface area contributed by atoms with Crippen LogP contribution in [-0.2, 0) is 0 Å². The van der Waals surface area contributed by atoms with E-state index in [1.807, 2.05) is 22.9 Å². The number of H-pyrrole nitrogens is 1. The van der Waals surface area contributed by atoms with Crippen LogP contribution in [0.5, 0.6) is 0 Å². The van der Waals surface area contributed by atoms with Gasteiger partial charge in [-0.1, -0.05) is 30.1 Å². The van der Waals surface area contributed by atoms with Gasteiger partial charge in [-0.05, 0) is 35.8 Å². The zero-order chi connectivity index (χ0) is 12.2. The predicted octanol–water partition coefficient (Wildman–Crippen LogP) is 4.14. The van der Waals surface area contributed by atoms with Gasteiger partial charge in [-0.25, -0.2) is 0 Å². The summed E-state index contributed by atoms with van der Waals surface area (Å²) in [6, 6.07) is 3.73. The molecule has 0 radical (unpaired) electrons. The Labute approximate surface area is 114 Å². The van der Waals surface area contributed by atoms with Gasteiger partial charge >= 0.3 is 0 Å². The average molecular weight is 281 g/mol. The molecule has 0 aromatic carbocycles. The lowest BCUT2D eigenvalue weighted by Gasteiger charge is -2.19. The highest BCUT2D eigenvalue weighted by atomic mass is 33.1. The van der Waals surface area contributed by atoms with Gasteiger partial charge in [-0.3, -0.25) is 5.10 Å². The molecule has 1 saturated carbocycles. The first-order valence-corrected chi connectivity index (χ1v) is 8.43. The van der Waals surface area contributed by atoms with Crippen LogP contribution in [0, 0.1) is 0 Å². The van der Waals surface area contributed by atoms with Gasteiger partial charge in [0.05, 0.1) is 6.26 Å². The van der Waals surface area contributed by atoms with Gasteiger partial charge in [0.1, 0.15) is 0 Å². The first-order valence-electron chi connectivity index (χ1n) is 6.21. The van der Waals surface area contributed by atoms with Crippen LogP contribution in [0.4, 0.5) is 0 Å². The molecular weight excluding hydrogens is 266 g/mol. The quantitative estimate of drug-likeness (QED) is 0.854. The van der Waals surface area contributed by atoms with Crippen LogP contribution in [0.25, 0.3) is 11.6 Å². The molecular formula is C12H15N3OS2. The summed E-state index contributed by atoms with van der Waals surface area (Å²) in [5, 5.41) is 8.66. The van der Waals surface area contributed by atoms with E-state index in [0.29, 0.717) is 5.82 Å². The Morgan fingerprint density at radius 3 is 2.94 bits per heavy atom. The second-order valence-electron chi connectivity index (χ2n) is 4.38. The molecule has 1 fully saturated rings. The van der Waals surface area contributed by atoms with Crippen LogP contribution in [0.1, 0.15) is 32.1 Å². The van der Waals surface area contributed by atoms with Crippen molar-refractivity contribution in [1.29, 1.82) is 0 Å². The third kappa shape index (κ3) is 2.92. The standard InChI is InChI=1S/C12H15N3OS2/c1-2-5-9(6-3-1)17-18-12-13-11(14-15-12)10-7-4-8-16-10/h4,7-9H,1-3,5-6H2,(H,13,14,15). The van der Waals surface area contributed by atoms with Crippen LogP contribution in [0.15, 0.2) is 28.0 Å². The maximum absolute atomic E-state index is 5.28. The molecule has 96 valence electrons. The molecule has 0 atom stereocenters. The van der Waals surface area contributed by atoms with Gasteiger partial charge < -0.3 is 4.42 Å². The molecule has 1 N–H and O–H groups in total. The van der Waals surface area contributed by atoms with Crippen molar-refractivity contribution in [1.82, 2.24) is 15.2 Å². The Morgan fingerprint density at radius 2 is 2.17 bits per heavy atom. The SMILES string of the molecule is c1coc(-c2nc(SSC3CCCCC3)n[nH]2)c1. The monoisotopic (exact) mass is 281 g/mol. The van der Waals surface area contributed by atoms with Crippen molar-refractivity contribution in [3.8, 4) is 11.6 Å². The summed E-state index contributed by atoms with van der Waals surface area (Å²) in [6.07, 6.45) is 8.42. The molecule has 0 amide bonds. The summed E-state index contributed by atoms with van der Waals surface area (Å²) >= 11 is 0. The van der Waals surface area contributed by atoms with Crippen LogP contribution >= 0.6 is 21.6 Å². The lowest BCUT2D eigenvalue weighted by atomic mass is 10.0. The Bertz CT molecular complexity index is 477. The average Bonchev–Trinajstić information content (AvgIpc) is 3.08. The molecule has 3 rings (SSSR count). The number of aromatic amines is 1. The van der Waals surface area contributed by atoms with Crippen molar-refractivity contribution in [2.45, 2.75) is 42.5 Å². The van der Waals surface area contributed by atoms with Gasteiger partial charge in [0, 0.05) is 5.25 Å². The Balaban J connectivity index is 1.57. The molecule has 2 heterocycles. The number of rotatable bonds is 4. The van der Waals surface area contributed by atoms with Crippen molar-refractivity contribution in [3.63, 3.8) is 0 Å². The lowest BCUT2D eigenvalue weighted by molar-refractivity contribution is 0.517. The highest BCUT2D eigenvalue weighted by molar-refractivity contribution is 8.76. The topological polar surface area (TPSA) is 54.7 Å². The van der Waals surface area contributed by atoms with E-state index in [9.17, 15) is 0 Å². The molecule has 0 spiro atoms. The number of hydrogen-bond acceptors (Lipinski definition) is 5. The molecule has 1 aliphatic carbocycles. The number of furan rings is 1. The van der Waals surface area contributed by atoms with Gasteiger partial charge in [0.15, 0.2) is 11.6 Å². The van der Waals surface area contributed by atoms with Crippen LogP contribution < -0.4 is 0 Å². The minimum absolute atomic E-state index is 0.701. The molecule has 0 aliphatic heterocycles. The summed E-state index contributed by atoms with van der Waals surface area (Å²) in [5.41, 5.74) is 0. The molecule has 1 aliphatic rings. The Kier molecular flexibility index (Phi) is 3.95. The number of hydrogen-bond donors (Lipinski definition) is 1. The maximum atomic E-state index is 5.28. The van der Waals surface area contributed by atoms with Crippen molar-refractivity contribution in [2.75, 3.05) is 0 Å². The molecule has 0 saturated heterocycles. The molecule has 0 unspecified atom stereocenters. The van der Waals surface area contributed by atoms with Crippen molar-refractivity contribution in [3.05, 3.63) is 18.4 Å². The summed E-state index contributed by atoms with van der Waals surface area (Å²) in [4.78, 5) is 4.42. The number of nitrogens with zero attached hydrogens (tertiary/aromatic N) is 2. The van der Waals surface area contributed by atoms with Crippen LogP contribution in [0.2, 0.25) is 0 Å². The maximum Gasteiger partial charge on any atom is 0.219 e. The molecule has 2 aromatic rings. The molecule has 2 aromatic heterocycles. The Morgan fingerprint density at radius 1 is 1.28 bits per heavy atom.